The summed E-state index contributed by atoms with van der Waals surface area (Å²) in [6, 6.07) is -1.14. The van der Waals surface area contributed by atoms with Gasteiger partial charge in [-0.2, -0.15) is 0 Å². The Kier molecular flexibility index (Phi) is 9.90. The highest BCUT2D eigenvalue weighted by Gasteiger charge is 2.24. The van der Waals surface area contributed by atoms with Crippen molar-refractivity contribution >= 4 is 28.9 Å². The van der Waals surface area contributed by atoms with Crippen molar-refractivity contribution in [2.75, 3.05) is 32.6 Å². The molecule has 0 aromatic carbocycles. The van der Waals surface area contributed by atoms with E-state index in [2.05, 4.69) is 5.32 Å². The van der Waals surface area contributed by atoms with Crippen LogP contribution in [-0.2, 0) is 19.1 Å². The lowest BCUT2D eigenvalue weighted by Crippen LogP contribution is -2.49. The topological polar surface area (TPSA) is 84.9 Å². The van der Waals surface area contributed by atoms with Crippen LogP contribution >= 0.6 is 11.8 Å². The van der Waals surface area contributed by atoms with Gasteiger partial charge >= 0.3 is 12.0 Å². The molecular weight excluding hydrogens is 320 g/mol. The molecule has 0 heterocycles. The van der Waals surface area contributed by atoms with E-state index < -0.39 is 17.6 Å². The Bertz CT molecular complexity index is 409. The van der Waals surface area contributed by atoms with Crippen LogP contribution in [0, 0.1) is 0 Å². The van der Waals surface area contributed by atoms with Gasteiger partial charge in [0.1, 0.15) is 11.6 Å². The molecule has 1 N–H and O–H groups in total. The number of urea groups is 1. The minimum atomic E-state index is -0.757. The van der Waals surface area contributed by atoms with E-state index in [0.717, 1.165) is 11.8 Å². The van der Waals surface area contributed by atoms with Gasteiger partial charge < -0.3 is 19.7 Å². The summed E-state index contributed by atoms with van der Waals surface area (Å²) in [4.78, 5) is 36.6. The summed E-state index contributed by atoms with van der Waals surface area (Å²) in [5.74, 6) is 0.00320. The van der Waals surface area contributed by atoms with Gasteiger partial charge in [-0.3, -0.25) is 4.79 Å². The average Bonchev–Trinajstić information content (AvgIpc) is 2.40. The van der Waals surface area contributed by atoms with E-state index in [1.54, 1.807) is 34.8 Å². The second-order valence-electron chi connectivity index (χ2n) is 6.02. The monoisotopic (exact) mass is 348 g/mol. The van der Waals surface area contributed by atoms with Gasteiger partial charge in [0.2, 0.25) is 0 Å². The van der Waals surface area contributed by atoms with Gasteiger partial charge in [-0.15, -0.1) is 0 Å². The lowest BCUT2D eigenvalue weighted by atomic mass is 10.2. The summed E-state index contributed by atoms with van der Waals surface area (Å²) in [5, 5.41) is 2.61. The summed E-state index contributed by atoms with van der Waals surface area (Å²) in [6.45, 7) is 9.50. The van der Waals surface area contributed by atoms with Crippen molar-refractivity contribution in [3.8, 4) is 0 Å². The molecule has 0 aliphatic heterocycles. The fourth-order valence-electron chi connectivity index (χ4n) is 1.54. The minimum absolute atomic E-state index is 0.000720. The van der Waals surface area contributed by atoms with Crippen LogP contribution in [0.4, 0.5) is 4.79 Å². The quantitative estimate of drug-likeness (QED) is 0.672. The molecule has 0 bridgehead atoms. The third-order valence-corrected chi connectivity index (χ3v) is 3.41. The highest BCUT2D eigenvalue weighted by atomic mass is 32.2. The fraction of sp³-hybridized carbons (Fsp3) is 0.800. The number of amides is 2. The number of carbonyl (C=O) groups is 3. The van der Waals surface area contributed by atoms with Crippen LogP contribution in [0.3, 0.4) is 0 Å². The fourth-order valence-corrected chi connectivity index (χ4v) is 2.14. The first-order chi connectivity index (χ1) is 10.6. The van der Waals surface area contributed by atoms with Gasteiger partial charge in [-0.1, -0.05) is 11.8 Å². The van der Waals surface area contributed by atoms with Crippen molar-refractivity contribution < 1.29 is 23.9 Å². The predicted octanol–water partition coefficient (Wildman–Crippen LogP) is 1.65. The first-order valence-corrected chi connectivity index (χ1v) is 8.46. The zero-order valence-electron chi connectivity index (χ0n) is 14.8. The molecule has 1 atom stereocenters. The van der Waals surface area contributed by atoms with E-state index in [-0.39, 0.29) is 11.1 Å². The molecule has 23 heavy (non-hydrogen) atoms. The second kappa shape index (κ2) is 10.5. The van der Waals surface area contributed by atoms with E-state index in [1.807, 2.05) is 0 Å². The molecule has 0 aliphatic rings. The lowest BCUT2D eigenvalue weighted by Gasteiger charge is -2.26. The smallest absolute Gasteiger partial charge is 0.328 e. The molecular formula is C15H28N2O5S. The maximum atomic E-state index is 12.3. The molecule has 0 saturated carbocycles. The van der Waals surface area contributed by atoms with Gasteiger partial charge in [0, 0.05) is 32.9 Å². The van der Waals surface area contributed by atoms with E-state index in [0.29, 0.717) is 25.4 Å². The second-order valence-corrected chi connectivity index (χ2v) is 7.30. The molecule has 7 nitrogen and oxygen atoms in total. The van der Waals surface area contributed by atoms with Gasteiger partial charge in [0.15, 0.2) is 5.12 Å². The molecule has 1 unspecified atom stereocenters. The summed E-state index contributed by atoms with van der Waals surface area (Å²) in [7, 11) is 1.55. The molecule has 0 spiro atoms. The molecule has 0 aliphatic carbocycles. The van der Waals surface area contributed by atoms with Crippen LogP contribution in [0.2, 0.25) is 0 Å². The summed E-state index contributed by atoms with van der Waals surface area (Å²) in [5.41, 5.74) is -0.607. The number of hydrogen-bond donors (Lipinski definition) is 1. The minimum Gasteiger partial charge on any atom is -0.458 e. The summed E-state index contributed by atoms with van der Waals surface area (Å²) >= 11 is 1.15. The van der Waals surface area contributed by atoms with Gasteiger partial charge in [0.05, 0.1) is 6.61 Å². The van der Waals surface area contributed by atoms with Crippen LogP contribution in [0.1, 0.15) is 34.6 Å². The molecule has 0 aromatic heterocycles. The van der Waals surface area contributed by atoms with Crippen molar-refractivity contribution in [3.05, 3.63) is 0 Å². The lowest BCUT2D eigenvalue weighted by molar-refractivity contribution is -0.156. The SMILES string of the molecule is COCCN(CCSC(C)=O)C(=O)NC(C)C(=O)OC(C)(C)C. The first kappa shape index (κ1) is 21.7. The first-order valence-electron chi connectivity index (χ1n) is 7.47. The van der Waals surface area contributed by atoms with Crippen molar-refractivity contribution in [2.45, 2.75) is 46.3 Å². The highest BCUT2D eigenvalue weighted by Crippen LogP contribution is 2.09. The number of nitrogens with one attached hydrogen (secondary N) is 1. The molecule has 0 saturated heterocycles. The average molecular weight is 348 g/mol. The number of esters is 1. The predicted molar refractivity (Wildman–Crippen MR) is 90.4 cm³/mol. The number of thioether (sulfide) groups is 1. The number of rotatable bonds is 8. The number of carbonyl (C=O) groups excluding carboxylic acids is 3. The van der Waals surface area contributed by atoms with E-state index in [1.165, 1.54) is 11.8 Å². The zero-order chi connectivity index (χ0) is 18.0. The van der Waals surface area contributed by atoms with Crippen molar-refractivity contribution in [1.29, 1.82) is 0 Å². The third-order valence-electron chi connectivity index (χ3n) is 2.62. The number of ether oxygens (including phenoxy) is 2. The van der Waals surface area contributed by atoms with Crippen molar-refractivity contribution in [2.24, 2.45) is 0 Å². The number of methoxy groups -OCH3 is 1. The Balaban J connectivity index is 4.55. The largest absolute Gasteiger partial charge is 0.458 e. The van der Waals surface area contributed by atoms with Crippen LogP contribution in [-0.4, -0.2) is 66.2 Å². The normalized spacial score (nSPS) is 12.4. The summed E-state index contributed by atoms with van der Waals surface area (Å²) in [6.07, 6.45) is 0. The maximum absolute atomic E-state index is 12.3. The van der Waals surface area contributed by atoms with Gasteiger partial charge in [-0.25, -0.2) is 9.59 Å². The molecule has 0 aromatic rings. The molecule has 134 valence electrons. The summed E-state index contributed by atoms with van der Waals surface area (Å²) < 4.78 is 10.2. The Morgan fingerprint density at radius 3 is 2.30 bits per heavy atom. The third kappa shape index (κ3) is 11.0. The van der Waals surface area contributed by atoms with Crippen LogP contribution in [0.15, 0.2) is 0 Å². The molecule has 0 radical (unpaired) electrons. The Morgan fingerprint density at radius 1 is 1.22 bits per heavy atom. The molecule has 0 rings (SSSR count). The van der Waals surface area contributed by atoms with Crippen molar-refractivity contribution in [3.63, 3.8) is 0 Å². The van der Waals surface area contributed by atoms with E-state index in [9.17, 15) is 14.4 Å². The Hall–Kier alpha value is -1.28. The highest BCUT2D eigenvalue weighted by molar-refractivity contribution is 8.13. The standard InChI is InChI=1S/C15H28N2O5S/c1-11(13(19)22-15(3,4)5)16-14(20)17(7-9-21-6)8-10-23-12(2)18/h11H,7-10H2,1-6H3,(H,16,20). The van der Waals surface area contributed by atoms with E-state index >= 15 is 0 Å². The number of hydrogen-bond acceptors (Lipinski definition) is 6. The molecule has 8 heteroatoms. The zero-order valence-corrected chi connectivity index (χ0v) is 15.6. The molecule has 2 amide bonds. The number of nitrogens with zero attached hydrogens (tertiary/aromatic N) is 1. The van der Waals surface area contributed by atoms with E-state index in [4.69, 9.17) is 9.47 Å². The Labute approximate surface area is 142 Å². The van der Waals surface area contributed by atoms with Crippen molar-refractivity contribution in [1.82, 2.24) is 10.2 Å². The maximum Gasteiger partial charge on any atom is 0.328 e. The Morgan fingerprint density at radius 2 is 1.83 bits per heavy atom. The molecule has 0 fully saturated rings. The van der Waals surface area contributed by atoms with Gasteiger partial charge in [0.25, 0.3) is 0 Å². The van der Waals surface area contributed by atoms with Crippen LogP contribution < -0.4 is 5.32 Å². The van der Waals surface area contributed by atoms with Gasteiger partial charge in [-0.05, 0) is 27.7 Å². The van der Waals surface area contributed by atoms with Crippen LogP contribution in [0.5, 0.6) is 0 Å². The van der Waals surface area contributed by atoms with Crippen LogP contribution in [0.25, 0.3) is 0 Å².